The Hall–Kier alpha value is -3.22. The van der Waals surface area contributed by atoms with Crippen LogP contribution in [0.2, 0.25) is 0 Å². The minimum Gasteiger partial charge on any atom is -0.486 e. The molecule has 7 nitrogen and oxygen atoms in total. The molecule has 1 heterocycles. The molecule has 2 aromatic rings. The summed E-state index contributed by atoms with van der Waals surface area (Å²) in [6.07, 6.45) is 0. The SMILES string of the molecule is CCN(CC)c1ccc(C(=O)NNC(=O)c2ccc3c(c2)OCCO3)cc1. The number of carbonyl (C=O) groups excluding carboxylic acids is 2. The fourth-order valence-corrected chi connectivity index (χ4v) is 2.85. The molecule has 0 saturated carbocycles. The van der Waals surface area contributed by atoms with Crippen LogP contribution >= 0.6 is 0 Å². The third-order valence-electron chi connectivity index (χ3n) is 4.35. The summed E-state index contributed by atoms with van der Waals surface area (Å²) in [5.41, 5.74) is 6.74. The molecule has 2 aromatic carbocycles. The first-order valence-corrected chi connectivity index (χ1v) is 8.97. The summed E-state index contributed by atoms with van der Waals surface area (Å²) in [5, 5.41) is 0. The highest BCUT2D eigenvalue weighted by molar-refractivity contribution is 5.99. The average Bonchev–Trinajstić information content (AvgIpc) is 2.72. The van der Waals surface area contributed by atoms with E-state index < -0.39 is 5.91 Å². The van der Waals surface area contributed by atoms with Gasteiger partial charge in [-0.25, -0.2) is 0 Å². The van der Waals surface area contributed by atoms with Gasteiger partial charge in [-0.3, -0.25) is 20.4 Å². The molecule has 1 aliphatic heterocycles. The zero-order chi connectivity index (χ0) is 19.2. The van der Waals surface area contributed by atoms with E-state index in [1.165, 1.54) is 0 Å². The normalized spacial score (nSPS) is 12.2. The summed E-state index contributed by atoms with van der Waals surface area (Å²) >= 11 is 0. The van der Waals surface area contributed by atoms with Crippen molar-refractivity contribution in [3.63, 3.8) is 0 Å². The second-order valence-corrected chi connectivity index (χ2v) is 5.99. The number of benzene rings is 2. The van der Waals surface area contributed by atoms with Gasteiger partial charge >= 0.3 is 0 Å². The van der Waals surface area contributed by atoms with Gasteiger partial charge in [0.25, 0.3) is 11.8 Å². The van der Waals surface area contributed by atoms with Crippen LogP contribution in [0.3, 0.4) is 0 Å². The Morgan fingerprint density at radius 2 is 1.41 bits per heavy atom. The molecule has 0 spiro atoms. The molecule has 0 unspecified atom stereocenters. The van der Waals surface area contributed by atoms with Crippen LogP contribution in [-0.4, -0.2) is 38.1 Å². The lowest BCUT2D eigenvalue weighted by atomic mass is 10.2. The van der Waals surface area contributed by atoms with Crippen LogP contribution in [0.25, 0.3) is 0 Å². The predicted molar refractivity (Wildman–Crippen MR) is 102 cm³/mol. The van der Waals surface area contributed by atoms with Crippen LogP contribution in [0.15, 0.2) is 42.5 Å². The fourth-order valence-electron chi connectivity index (χ4n) is 2.85. The Morgan fingerprint density at radius 1 is 0.852 bits per heavy atom. The number of carbonyl (C=O) groups is 2. The highest BCUT2D eigenvalue weighted by Crippen LogP contribution is 2.30. The highest BCUT2D eigenvalue weighted by atomic mass is 16.6. The van der Waals surface area contributed by atoms with Crippen molar-refractivity contribution >= 4 is 17.5 Å². The van der Waals surface area contributed by atoms with Crippen LogP contribution in [-0.2, 0) is 0 Å². The van der Waals surface area contributed by atoms with E-state index in [1.807, 2.05) is 12.1 Å². The standard InChI is InChI=1S/C20H23N3O4/c1-3-23(4-2)16-8-5-14(6-9-16)19(24)21-22-20(25)15-7-10-17-18(13-15)27-12-11-26-17/h5-10,13H,3-4,11-12H2,1-2H3,(H,21,24)(H,22,25). The van der Waals surface area contributed by atoms with E-state index in [2.05, 4.69) is 29.6 Å². The molecule has 27 heavy (non-hydrogen) atoms. The van der Waals surface area contributed by atoms with Crippen LogP contribution in [0, 0.1) is 0 Å². The van der Waals surface area contributed by atoms with Crippen LogP contribution in [0.5, 0.6) is 11.5 Å². The number of anilines is 1. The number of fused-ring (bicyclic) bond motifs is 1. The summed E-state index contributed by atoms with van der Waals surface area (Å²) in [5.74, 6) is 0.314. The number of nitrogens with zero attached hydrogens (tertiary/aromatic N) is 1. The van der Waals surface area contributed by atoms with Crippen LogP contribution in [0.1, 0.15) is 34.6 Å². The van der Waals surface area contributed by atoms with Crippen molar-refractivity contribution in [2.45, 2.75) is 13.8 Å². The molecule has 3 rings (SSSR count). The number of ether oxygens (including phenoxy) is 2. The molecular formula is C20H23N3O4. The Bertz CT molecular complexity index is 816. The molecule has 0 atom stereocenters. The lowest BCUT2D eigenvalue weighted by Gasteiger charge is -2.21. The maximum Gasteiger partial charge on any atom is 0.269 e. The van der Waals surface area contributed by atoms with E-state index in [9.17, 15) is 9.59 Å². The molecule has 142 valence electrons. The molecule has 0 radical (unpaired) electrons. The second-order valence-electron chi connectivity index (χ2n) is 5.99. The quantitative estimate of drug-likeness (QED) is 0.791. The van der Waals surface area contributed by atoms with Gasteiger partial charge in [-0.2, -0.15) is 0 Å². The van der Waals surface area contributed by atoms with Crippen molar-refractivity contribution in [1.29, 1.82) is 0 Å². The summed E-state index contributed by atoms with van der Waals surface area (Å²) in [4.78, 5) is 26.7. The largest absolute Gasteiger partial charge is 0.486 e. The average molecular weight is 369 g/mol. The minimum absolute atomic E-state index is 0.372. The first-order chi connectivity index (χ1) is 13.1. The molecule has 7 heteroatoms. The lowest BCUT2D eigenvalue weighted by Crippen LogP contribution is -2.41. The van der Waals surface area contributed by atoms with Gasteiger partial charge in [0.05, 0.1) is 0 Å². The van der Waals surface area contributed by atoms with E-state index >= 15 is 0 Å². The number of hydrogen-bond donors (Lipinski definition) is 2. The zero-order valence-corrected chi connectivity index (χ0v) is 15.5. The van der Waals surface area contributed by atoms with Crippen LogP contribution in [0.4, 0.5) is 5.69 Å². The summed E-state index contributed by atoms with van der Waals surface area (Å²) in [7, 11) is 0. The van der Waals surface area contributed by atoms with Crippen molar-refractivity contribution in [1.82, 2.24) is 10.9 Å². The van der Waals surface area contributed by atoms with Gasteiger partial charge in [0.1, 0.15) is 13.2 Å². The minimum atomic E-state index is -0.430. The van der Waals surface area contributed by atoms with Crippen LogP contribution < -0.4 is 25.2 Å². The van der Waals surface area contributed by atoms with Crippen molar-refractivity contribution in [3.05, 3.63) is 53.6 Å². The number of amides is 2. The fraction of sp³-hybridized carbons (Fsp3) is 0.300. The highest BCUT2D eigenvalue weighted by Gasteiger charge is 2.15. The molecule has 0 aliphatic carbocycles. The molecule has 0 saturated heterocycles. The monoisotopic (exact) mass is 369 g/mol. The predicted octanol–water partition coefficient (Wildman–Crippen LogP) is 2.38. The topological polar surface area (TPSA) is 79.9 Å². The lowest BCUT2D eigenvalue weighted by molar-refractivity contribution is 0.0846. The van der Waals surface area contributed by atoms with Gasteiger partial charge in [-0.1, -0.05) is 0 Å². The van der Waals surface area contributed by atoms with Crippen molar-refractivity contribution in [2.75, 3.05) is 31.2 Å². The first kappa shape index (κ1) is 18.6. The third kappa shape index (κ3) is 4.31. The molecule has 2 N–H and O–H groups in total. The number of nitrogens with one attached hydrogen (secondary N) is 2. The van der Waals surface area contributed by atoms with Gasteiger partial charge < -0.3 is 14.4 Å². The van der Waals surface area contributed by atoms with Crippen molar-refractivity contribution in [2.24, 2.45) is 0 Å². The maximum atomic E-state index is 12.3. The third-order valence-corrected chi connectivity index (χ3v) is 4.35. The summed E-state index contributed by atoms with van der Waals surface area (Å²) < 4.78 is 10.9. The Morgan fingerprint density at radius 3 is 2.04 bits per heavy atom. The maximum absolute atomic E-state index is 12.3. The smallest absolute Gasteiger partial charge is 0.269 e. The molecule has 0 aromatic heterocycles. The zero-order valence-electron chi connectivity index (χ0n) is 15.5. The molecule has 1 aliphatic rings. The number of hydrazine groups is 1. The van der Waals surface area contributed by atoms with Gasteiger partial charge in [-0.05, 0) is 56.3 Å². The molecule has 2 amide bonds. The van der Waals surface area contributed by atoms with E-state index in [0.717, 1.165) is 18.8 Å². The van der Waals surface area contributed by atoms with Crippen molar-refractivity contribution in [3.8, 4) is 11.5 Å². The Balaban J connectivity index is 1.59. The van der Waals surface area contributed by atoms with Gasteiger partial charge in [0.2, 0.25) is 0 Å². The van der Waals surface area contributed by atoms with E-state index in [4.69, 9.17) is 9.47 Å². The molecule has 0 fully saturated rings. The number of hydrogen-bond acceptors (Lipinski definition) is 5. The van der Waals surface area contributed by atoms with Gasteiger partial charge in [0.15, 0.2) is 11.5 Å². The Kier molecular flexibility index (Phi) is 5.80. The van der Waals surface area contributed by atoms with Crippen molar-refractivity contribution < 1.29 is 19.1 Å². The molecule has 0 bridgehead atoms. The number of rotatable bonds is 5. The van der Waals surface area contributed by atoms with E-state index in [-0.39, 0.29) is 5.91 Å². The summed E-state index contributed by atoms with van der Waals surface area (Å²) in [6, 6.07) is 12.1. The molecular weight excluding hydrogens is 346 g/mol. The Labute approximate surface area is 158 Å². The van der Waals surface area contributed by atoms with Gasteiger partial charge in [-0.15, -0.1) is 0 Å². The second kappa shape index (κ2) is 8.44. The van der Waals surface area contributed by atoms with E-state index in [1.54, 1.807) is 30.3 Å². The van der Waals surface area contributed by atoms with E-state index in [0.29, 0.717) is 35.8 Å². The summed E-state index contributed by atoms with van der Waals surface area (Å²) in [6.45, 7) is 6.89. The first-order valence-electron chi connectivity index (χ1n) is 8.97. The van der Waals surface area contributed by atoms with Gasteiger partial charge in [0, 0.05) is 29.9 Å².